The summed E-state index contributed by atoms with van der Waals surface area (Å²) in [6, 6.07) is 0. The van der Waals surface area contributed by atoms with Gasteiger partial charge in [0.2, 0.25) is 0 Å². The quantitative estimate of drug-likeness (QED) is 0.489. The summed E-state index contributed by atoms with van der Waals surface area (Å²) in [4.78, 5) is 0. The van der Waals surface area contributed by atoms with Gasteiger partial charge in [0.1, 0.15) is 0 Å². The molecule has 0 aromatic rings. The molecule has 0 aliphatic rings. The van der Waals surface area contributed by atoms with Gasteiger partial charge in [0.15, 0.2) is 8.31 Å². The van der Waals surface area contributed by atoms with E-state index in [1.54, 1.807) is 0 Å². The normalized spacial score (nSPS) is 17.1. The number of halogens is 7. The van der Waals surface area contributed by atoms with Crippen molar-refractivity contribution in [2.24, 2.45) is 0 Å². The van der Waals surface area contributed by atoms with Gasteiger partial charge in [0.05, 0.1) is 0 Å². The Morgan fingerprint density at radius 2 is 1.30 bits per heavy atom. The van der Waals surface area contributed by atoms with Crippen molar-refractivity contribution in [3.05, 3.63) is 0 Å². The Morgan fingerprint density at radius 1 is 1.00 bits per heavy atom. The molecule has 1 unspecified atom stereocenters. The van der Waals surface area contributed by atoms with E-state index in [4.69, 9.17) is 0 Å². The van der Waals surface area contributed by atoms with Crippen molar-refractivity contribution < 1.29 is 8.78 Å². The molecule has 0 saturated carbocycles. The van der Waals surface area contributed by atoms with Gasteiger partial charge in [-0.1, -0.05) is 47.8 Å². The van der Waals surface area contributed by atoms with E-state index in [1.165, 1.54) is 0 Å². The zero-order chi connectivity index (χ0) is 8.58. The molecule has 0 saturated heterocycles. The maximum absolute atomic E-state index is 12.8. The van der Waals surface area contributed by atoms with E-state index < -0.39 is 11.8 Å². The summed E-state index contributed by atoms with van der Waals surface area (Å²) in [5.74, 6) is 0. The standard InChI is InChI=1S/C3HBr5F2/c4-2(5,6)1(9)3(7,8)10/h1H. The molecule has 7 heteroatoms. The molecular weight excluding hydrogens is 474 g/mol. The number of hydrogen-bond acceptors (Lipinski definition) is 0. The topological polar surface area (TPSA) is 0 Å². The maximum Gasteiger partial charge on any atom is 0.252 e. The zero-order valence-electron chi connectivity index (χ0n) is 4.22. The van der Waals surface area contributed by atoms with Crippen LogP contribution >= 0.6 is 79.6 Å². The van der Waals surface area contributed by atoms with Gasteiger partial charge >= 0.3 is 0 Å². The molecule has 0 nitrogen and oxygen atoms in total. The predicted octanol–water partition coefficient (Wildman–Crippen LogP) is 4.58. The van der Waals surface area contributed by atoms with Gasteiger partial charge in [-0.25, -0.2) is 8.78 Å². The first-order chi connectivity index (χ1) is 4.15. The zero-order valence-corrected chi connectivity index (χ0v) is 12.2. The molecule has 0 amide bonds. The summed E-state index contributed by atoms with van der Waals surface area (Å²) in [5, 5.41) is 0. The van der Waals surface area contributed by atoms with E-state index in [-0.39, 0.29) is 0 Å². The van der Waals surface area contributed by atoms with Crippen molar-refractivity contribution in [1.82, 2.24) is 0 Å². The van der Waals surface area contributed by atoms with Crippen molar-refractivity contribution in [2.45, 2.75) is 11.8 Å². The van der Waals surface area contributed by atoms with Crippen LogP contribution in [0.4, 0.5) is 8.78 Å². The van der Waals surface area contributed by atoms with Crippen LogP contribution < -0.4 is 0 Å². The third-order valence-electron chi connectivity index (χ3n) is 0.575. The molecule has 0 fully saturated rings. The largest absolute Gasteiger partial charge is 0.252 e. The van der Waals surface area contributed by atoms with E-state index in [0.29, 0.717) is 0 Å². The van der Waals surface area contributed by atoms with Crippen molar-refractivity contribution in [2.75, 3.05) is 0 Å². The predicted molar refractivity (Wildman–Crippen MR) is 56.1 cm³/mol. The van der Waals surface area contributed by atoms with Crippen LogP contribution in [0.3, 0.4) is 0 Å². The molecule has 0 aromatic heterocycles. The second-order valence-electron chi connectivity index (χ2n) is 1.45. The summed E-state index contributed by atoms with van der Waals surface area (Å²) in [6.45, 7) is 0. The van der Waals surface area contributed by atoms with E-state index in [2.05, 4.69) is 79.6 Å². The van der Waals surface area contributed by atoms with Crippen molar-refractivity contribution in [1.29, 1.82) is 0 Å². The molecular formula is C3HBr5F2. The Hall–Kier alpha value is 2.26. The minimum atomic E-state index is -2.24. The van der Waals surface area contributed by atoms with Crippen LogP contribution in [0, 0.1) is 0 Å². The SMILES string of the molecule is FC(C(F)(Br)Br)C(Br)(Br)Br. The molecule has 0 aliphatic heterocycles. The number of hydrogen-bond donors (Lipinski definition) is 0. The average molecular weight is 475 g/mol. The van der Waals surface area contributed by atoms with Gasteiger partial charge in [-0.3, -0.25) is 0 Å². The lowest BCUT2D eigenvalue weighted by molar-refractivity contribution is 0.234. The number of alkyl halides is 7. The molecule has 62 valence electrons. The number of rotatable bonds is 1. The minimum Gasteiger partial charge on any atom is -0.238 e. The Balaban J connectivity index is 4.23. The highest BCUT2D eigenvalue weighted by atomic mass is 80.0. The molecule has 0 aromatic carbocycles. The summed E-state index contributed by atoms with van der Waals surface area (Å²) in [5.41, 5.74) is 0. The second-order valence-corrected chi connectivity index (χ2v) is 11.8. The van der Waals surface area contributed by atoms with Crippen molar-refractivity contribution in [3.8, 4) is 0 Å². The fourth-order valence-electron chi connectivity index (χ4n) is 0.186. The third-order valence-corrected chi connectivity index (χ3v) is 2.58. The van der Waals surface area contributed by atoms with E-state index >= 15 is 0 Å². The highest BCUT2D eigenvalue weighted by Gasteiger charge is 2.46. The molecule has 0 N–H and O–H groups in total. The van der Waals surface area contributed by atoms with Gasteiger partial charge in [0, 0.05) is 0 Å². The average Bonchev–Trinajstić information content (AvgIpc) is 1.59. The van der Waals surface area contributed by atoms with Gasteiger partial charge in [0.25, 0.3) is 3.49 Å². The van der Waals surface area contributed by atoms with Crippen molar-refractivity contribution in [3.63, 3.8) is 0 Å². The van der Waals surface area contributed by atoms with Crippen LogP contribution in [0.1, 0.15) is 0 Å². The minimum absolute atomic E-state index is 1.26. The first-order valence-electron chi connectivity index (χ1n) is 1.93. The van der Waals surface area contributed by atoms with Crippen LogP contribution in [-0.2, 0) is 0 Å². The van der Waals surface area contributed by atoms with Gasteiger partial charge in [-0.05, 0) is 31.9 Å². The van der Waals surface area contributed by atoms with E-state index in [1.807, 2.05) is 0 Å². The molecule has 0 rings (SSSR count). The molecule has 0 spiro atoms. The monoisotopic (exact) mass is 470 g/mol. The molecule has 0 bridgehead atoms. The Kier molecular flexibility index (Phi) is 4.88. The van der Waals surface area contributed by atoms with E-state index in [9.17, 15) is 8.78 Å². The molecule has 0 aliphatic carbocycles. The van der Waals surface area contributed by atoms with Crippen molar-refractivity contribution >= 4 is 79.6 Å². The smallest absolute Gasteiger partial charge is 0.238 e. The van der Waals surface area contributed by atoms with Crippen LogP contribution in [0.2, 0.25) is 0 Å². The molecule has 1 atom stereocenters. The summed E-state index contributed by atoms with van der Waals surface area (Å²) < 4.78 is 22.0. The highest BCUT2D eigenvalue weighted by molar-refractivity contribution is 9.39. The Labute approximate surface area is 99.1 Å². The van der Waals surface area contributed by atoms with Gasteiger partial charge in [-0.15, -0.1) is 0 Å². The lowest BCUT2D eigenvalue weighted by atomic mass is 10.5. The Morgan fingerprint density at radius 3 is 1.30 bits per heavy atom. The second kappa shape index (κ2) is 3.98. The van der Waals surface area contributed by atoms with Crippen LogP contribution in [0.15, 0.2) is 0 Å². The van der Waals surface area contributed by atoms with Crippen LogP contribution in [0.5, 0.6) is 0 Å². The maximum atomic E-state index is 12.8. The lowest BCUT2D eigenvalue weighted by Crippen LogP contribution is -2.32. The third kappa shape index (κ3) is 4.33. The highest BCUT2D eigenvalue weighted by Crippen LogP contribution is 2.49. The Bertz CT molecular complexity index is 99.0. The lowest BCUT2D eigenvalue weighted by Gasteiger charge is -2.23. The van der Waals surface area contributed by atoms with Crippen LogP contribution in [0.25, 0.3) is 0 Å². The van der Waals surface area contributed by atoms with E-state index in [0.717, 1.165) is 0 Å². The van der Waals surface area contributed by atoms with Crippen LogP contribution in [-0.4, -0.2) is 11.8 Å². The summed E-state index contributed by atoms with van der Waals surface area (Å²) >= 11 is 13.4. The summed E-state index contributed by atoms with van der Waals surface area (Å²) in [6.07, 6.45) is -1.82. The molecule has 0 radical (unpaired) electrons. The summed E-state index contributed by atoms with van der Waals surface area (Å²) in [7, 11) is 0. The first-order valence-corrected chi connectivity index (χ1v) is 5.89. The molecule has 0 heterocycles. The molecule has 10 heavy (non-hydrogen) atoms. The fraction of sp³-hybridized carbons (Fsp3) is 1.00. The fourth-order valence-corrected chi connectivity index (χ4v) is 3.66. The van der Waals surface area contributed by atoms with Gasteiger partial charge in [-0.2, -0.15) is 0 Å². The first kappa shape index (κ1) is 12.3. The van der Waals surface area contributed by atoms with Gasteiger partial charge < -0.3 is 0 Å².